The molecule has 7 nitrogen and oxygen atoms in total. The lowest BCUT2D eigenvalue weighted by atomic mass is 9.98. The van der Waals surface area contributed by atoms with Crippen LogP contribution in [0.4, 0.5) is 5.69 Å². The first-order valence-corrected chi connectivity index (χ1v) is 12.7. The van der Waals surface area contributed by atoms with Gasteiger partial charge in [-0.3, -0.25) is 14.5 Å². The van der Waals surface area contributed by atoms with Crippen LogP contribution in [0.2, 0.25) is 0 Å². The van der Waals surface area contributed by atoms with E-state index in [-0.39, 0.29) is 16.8 Å². The zero-order valence-corrected chi connectivity index (χ0v) is 21.9. The predicted molar refractivity (Wildman–Crippen MR) is 143 cm³/mol. The number of anilines is 1. The van der Waals surface area contributed by atoms with Gasteiger partial charge in [-0.25, -0.2) is 4.79 Å². The second-order valence-electron chi connectivity index (χ2n) is 8.70. The number of benzene rings is 3. The lowest BCUT2D eigenvalue weighted by Crippen LogP contribution is -2.29. The minimum absolute atomic E-state index is 0.00342. The van der Waals surface area contributed by atoms with Gasteiger partial charge < -0.3 is 13.9 Å². The Morgan fingerprint density at radius 3 is 2.43 bits per heavy atom. The van der Waals surface area contributed by atoms with E-state index in [0.29, 0.717) is 34.6 Å². The van der Waals surface area contributed by atoms with Gasteiger partial charge in [0.2, 0.25) is 5.76 Å². The number of carbonyl (C=O) groups excluding carboxylic acids is 2. The molecule has 0 radical (unpaired) electrons. The third-order valence-corrected chi connectivity index (χ3v) is 6.87. The summed E-state index contributed by atoms with van der Waals surface area (Å²) in [6, 6.07) is 18.2. The lowest BCUT2D eigenvalue weighted by Gasteiger charge is -2.25. The summed E-state index contributed by atoms with van der Waals surface area (Å²) in [7, 11) is 1.57. The normalized spacial score (nSPS) is 14.6. The summed E-state index contributed by atoms with van der Waals surface area (Å²) in [6.45, 7) is 2.38. The number of fused-ring (bicyclic) bond motifs is 2. The first-order valence-electron chi connectivity index (χ1n) is 11.9. The summed E-state index contributed by atoms with van der Waals surface area (Å²) >= 11 is 3.41. The number of unbranched alkanes of at least 4 members (excludes halogenated alkanes) is 1. The van der Waals surface area contributed by atoms with Gasteiger partial charge in [-0.15, -0.1) is 0 Å². The number of methoxy groups -OCH3 is 1. The zero-order chi connectivity index (χ0) is 26.1. The van der Waals surface area contributed by atoms with Crippen molar-refractivity contribution in [3.8, 4) is 5.75 Å². The Morgan fingerprint density at radius 1 is 1.03 bits per heavy atom. The average molecular weight is 562 g/mol. The molecule has 0 spiro atoms. The highest BCUT2D eigenvalue weighted by molar-refractivity contribution is 9.10. The van der Waals surface area contributed by atoms with Crippen molar-refractivity contribution in [3.63, 3.8) is 0 Å². The third-order valence-electron chi connectivity index (χ3n) is 6.38. The summed E-state index contributed by atoms with van der Waals surface area (Å²) in [5, 5.41) is 0.381. The predicted octanol–water partition coefficient (Wildman–Crippen LogP) is 6.27. The number of carbonyl (C=O) groups is 2. The molecular weight excluding hydrogens is 538 g/mol. The van der Waals surface area contributed by atoms with E-state index in [1.54, 1.807) is 61.7 Å². The van der Waals surface area contributed by atoms with E-state index in [4.69, 9.17) is 13.9 Å². The molecule has 0 aliphatic carbocycles. The van der Waals surface area contributed by atoms with Gasteiger partial charge in [0.15, 0.2) is 5.43 Å². The maximum atomic E-state index is 13.7. The van der Waals surface area contributed by atoms with Gasteiger partial charge in [0, 0.05) is 10.2 Å². The molecule has 1 unspecified atom stereocenters. The van der Waals surface area contributed by atoms with Crippen LogP contribution in [-0.4, -0.2) is 25.6 Å². The molecule has 1 atom stereocenters. The van der Waals surface area contributed by atoms with E-state index in [1.165, 1.54) is 4.90 Å². The fourth-order valence-electron chi connectivity index (χ4n) is 4.46. The second kappa shape index (κ2) is 10.2. The van der Waals surface area contributed by atoms with Crippen LogP contribution in [0.3, 0.4) is 0 Å². The van der Waals surface area contributed by atoms with Gasteiger partial charge in [-0.2, -0.15) is 0 Å². The van der Waals surface area contributed by atoms with E-state index < -0.39 is 17.9 Å². The molecule has 0 saturated carbocycles. The summed E-state index contributed by atoms with van der Waals surface area (Å²) < 4.78 is 17.3. The van der Waals surface area contributed by atoms with Crippen LogP contribution in [0.25, 0.3) is 11.0 Å². The Bertz CT molecular complexity index is 1540. The number of esters is 1. The number of amides is 1. The molecular formula is C29H24BrNO6. The van der Waals surface area contributed by atoms with Gasteiger partial charge in [-0.1, -0.05) is 41.4 Å². The monoisotopic (exact) mass is 561 g/mol. The maximum Gasteiger partial charge on any atom is 0.338 e. The van der Waals surface area contributed by atoms with Crippen molar-refractivity contribution >= 4 is 44.5 Å². The number of halogens is 1. The molecule has 1 amide bonds. The first kappa shape index (κ1) is 24.8. The number of nitrogens with zero attached hydrogens (tertiary/aromatic N) is 1. The molecule has 5 rings (SSSR count). The molecule has 0 fully saturated rings. The number of hydrogen-bond acceptors (Lipinski definition) is 6. The average Bonchev–Trinajstić information content (AvgIpc) is 3.21. The number of ether oxygens (including phenoxy) is 2. The van der Waals surface area contributed by atoms with Crippen molar-refractivity contribution in [2.45, 2.75) is 25.8 Å². The molecule has 8 heteroatoms. The van der Waals surface area contributed by atoms with Crippen LogP contribution < -0.4 is 15.1 Å². The molecule has 1 aliphatic rings. The first-order chi connectivity index (χ1) is 17.9. The third kappa shape index (κ3) is 4.53. The van der Waals surface area contributed by atoms with Crippen LogP contribution >= 0.6 is 15.9 Å². The SMILES string of the molecule is CCCCOC(=O)c1ccc(N2C(=O)c3oc4ccc(Br)cc4c(=O)c3C2c2ccc(OC)cc2)cc1. The van der Waals surface area contributed by atoms with Crippen molar-refractivity contribution in [1.29, 1.82) is 0 Å². The van der Waals surface area contributed by atoms with Crippen molar-refractivity contribution < 1.29 is 23.5 Å². The Balaban J connectivity index is 1.62. The largest absolute Gasteiger partial charge is 0.497 e. The summed E-state index contributed by atoms with van der Waals surface area (Å²) in [4.78, 5) is 41.4. The minimum atomic E-state index is -0.726. The lowest BCUT2D eigenvalue weighted by molar-refractivity contribution is 0.0499. The molecule has 4 aromatic rings. The van der Waals surface area contributed by atoms with Gasteiger partial charge >= 0.3 is 5.97 Å². The quantitative estimate of drug-likeness (QED) is 0.195. The maximum absolute atomic E-state index is 13.7. The van der Waals surface area contributed by atoms with Gasteiger partial charge in [0.25, 0.3) is 5.91 Å². The standard InChI is InChI=1S/C29H24BrNO6/c1-3-4-15-36-29(34)18-5-10-20(11-6-18)31-25(17-7-12-21(35-2)13-8-17)24-26(32)22-16-19(30)9-14-23(22)37-27(24)28(31)33/h5-14,16,25H,3-4,15H2,1-2H3. The van der Waals surface area contributed by atoms with Gasteiger partial charge in [0.05, 0.1) is 36.3 Å². The molecule has 0 saturated heterocycles. The Morgan fingerprint density at radius 2 is 1.76 bits per heavy atom. The molecule has 2 heterocycles. The molecule has 1 aliphatic heterocycles. The summed E-state index contributed by atoms with van der Waals surface area (Å²) in [5.74, 6) is -0.198. The molecule has 3 aromatic carbocycles. The summed E-state index contributed by atoms with van der Waals surface area (Å²) in [6.07, 6.45) is 1.72. The minimum Gasteiger partial charge on any atom is -0.497 e. The van der Waals surface area contributed by atoms with E-state index in [0.717, 1.165) is 22.9 Å². The smallest absolute Gasteiger partial charge is 0.338 e. The van der Waals surface area contributed by atoms with Gasteiger partial charge in [0.1, 0.15) is 11.3 Å². The Kier molecular flexibility index (Phi) is 6.84. The van der Waals surface area contributed by atoms with Crippen molar-refractivity contribution in [2.24, 2.45) is 0 Å². The second-order valence-corrected chi connectivity index (χ2v) is 9.62. The van der Waals surface area contributed by atoms with Crippen LogP contribution in [0.15, 0.2) is 80.4 Å². The van der Waals surface area contributed by atoms with Crippen molar-refractivity contribution in [2.75, 3.05) is 18.6 Å². The van der Waals surface area contributed by atoms with E-state index in [2.05, 4.69) is 15.9 Å². The van der Waals surface area contributed by atoms with Crippen LogP contribution in [0.1, 0.15) is 57.8 Å². The van der Waals surface area contributed by atoms with Crippen molar-refractivity contribution in [3.05, 3.63) is 104 Å². The van der Waals surface area contributed by atoms with Crippen LogP contribution in [-0.2, 0) is 4.74 Å². The zero-order valence-electron chi connectivity index (χ0n) is 20.3. The molecule has 37 heavy (non-hydrogen) atoms. The van der Waals surface area contributed by atoms with Crippen LogP contribution in [0.5, 0.6) is 5.75 Å². The molecule has 0 N–H and O–H groups in total. The summed E-state index contributed by atoms with van der Waals surface area (Å²) in [5.41, 5.74) is 1.95. The molecule has 0 bridgehead atoms. The fourth-order valence-corrected chi connectivity index (χ4v) is 4.82. The van der Waals surface area contributed by atoms with E-state index in [1.807, 2.05) is 19.1 Å². The van der Waals surface area contributed by atoms with Gasteiger partial charge in [-0.05, 0) is 66.6 Å². The topological polar surface area (TPSA) is 86.0 Å². The number of hydrogen-bond donors (Lipinski definition) is 0. The highest BCUT2D eigenvalue weighted by atomic mass is 79.9. The highest BCUT2D eigenvalue weighted by Gasteiger charge is 2.43. The molecule has 188 valence electrons. The fraction of sp³-hybridized carbons (Fsp3) is 0.207. The molecule has 1 aromatic heterocycles. The Labute approximate surface area is 221 Å². The van der Waals surface area contributed by atoms with E-state index in [9.17, 15) is 14.4 Å². The van der Waals surface area contributed by atoms with E-state index >= 15 is 0 Å². The Hall–Kier alpha value is -3.91. The van der Waals surface area contributed by atoms with Crippen LogP contribution in [0, 0.1) is 0 Å². The van der Waals surface area contributed by atoms with Crippen molar-refractivity contribution in [1.82, 2.24) is 0 Å². The number of rotatable bonds is 7. The highest BCUT2D eigenvalue weighted by Crippen LogP contribution is 2.41.